The minimum atomic E-state index is 1.14. The van der Waals surface area contributed by atoms with Crippen molar-refractivity contribution in [1.29, 1.82) is 0 Å². The number of hydrogen-bond acceptors (Lipinski definition) is 0. The van der Waals surface area contributed by atoms with Crippen molar-refractivity contribution in [3.8, 4) is 0 Å². The van der Waals surface area contributed by atoms with Gasteiger partial charge in [-0.25, -0.2) is 0 Å². The van der Waals surface area contributed by atoms with Crippen LogP contribution in [0, 0.1) is 6.58 Å². The minimum Gasteiger partial charge on any atom is -0.0845 e. The van der Waals surface area contributed by atoms with E-state index in [0.29, 0.717) is 0 Å². The summed E-state index contributed by atoms with van der Waals surface area (Å²) < 4.78 is 0. The molecule has 0 aliphatic heterocycles. The van der Waals surface area contributed by atoms with Crippen molar-refractivity contribution >= 4 is 0 Å². The van der Waals surface area contributed by atoms with Gasteiger partial charge >= 0.3 is 0 Å². The molecule has 0 amide bonds. The van der Waals surface area contributed by atoms with E-state index in [4.69, 9.17) is 6.58 Å². The molecule has 62 valence electrons. The predicted molar refractivity (Wildman–Crippen MR) is 50.3 cm³/mol. The lowest BCUT2D eigenvalue weighted by Gasteiger charge is -1.95. The lowest BCUT2D eigenvalue weighted by atomic mass is 10.1. The van der Waals surface area contributed by atoms with Gasteiger partial charge in [0.05, 0.1) is 0 Å². The van der Waals surface area contributed by atoms with Gasteiger partial charge in [0.1, 0.15) is 0 Å². The first-order valence-corrected chi connectivity index (χ1v) is 4.57. The molecule has 0 nitrogen and oxygen atoms in total. The van der Waals surface area contributed by atoms with E-state index in [1.807, 2.05) is 0 Å². The number of unbranched alkanes of at least 4 members (excludes halogenated alkanes) is 5. The second kappa shape index (κ2) is 9.48. The maximum atomic E-state index is 6.74. The zero-order chi connectivity index (χ0) is 8.36. The Morgan fingerprint density at radius 2 is 1.82 bits per heavy atom. The summed E-state index contributed by atoms with van der Waals surface area (Å²) in [6.45, 7) is 8.97. The van der Waals surface area contributed by atoms with E-state index in [1.165, 1.54) is 38.2 Å². The number of rotatable bonds is 7. The van der Waals surface area contributed by atoms with Crippen molar-refractivity contribution < 1.29 is 0 Å². The largest absolute Gasteiger partial charge is 0.0845 e. The van der Waals surface area contributed by atoms with Crippen molar-refractivity contribution in [2.75, 3.05) is 0 Å². The van der Waals surface area contributed by atoms with Crippen LogP contribution < -0.4 is 0 Å². The molecule has 11 heavy (non-hydrogen) atoms. The highest BCUT2D eigenvalue weighted by atomic mass is 13.9. The molecule has 0 unspecified atom stereocenters. The second-order valence-corrected chi connectivity index (χ2v) is 2.80. The third kappa shape index (κ3) is 9.48. The van der Waals surface area contributed by atoms with Gasteiger partial charge in [-0.2, -0.15) is 0 Å². The first-order chi connectivity index (χ1) is 5.41. The normalized spacial score (nSPS) is 10.6. The van der Waals surface area contributed by atoms with E-state index in [2.05, 4.69) is 13.0 Å². The fourth-order valence-electron chi connectivity index (χ4n) is 1.03. The Labute approximate surface area is 71.0 Å². The summed E-state index contributed by atoms with van der Waals surface area (Å²) in [5.41, 5.74) is 0. The topological polar surface area (TPSA) is 0 Å². The molecular weight excluding hydrogens is 132 g/mol. The van der Waals surface area contributed by atoms with Crippen LogP contribution in [0.2, 0.25) is 0 Å². The summed E-state index contributed by atoms with van der Waals surface area (Å²) in [6.07, 6.45) is 13.0. The summed E-state index contributed by atoms with van der Waals surface area (Å²) in [5.74, 6) is 0. The molecule has 0 fully saturated rings. The molecule has 0 saturated carbocycles. The third-order valence-electron chi connectivity index (χ3n) is 1.71. The van der Waals surface area contributed by atoms with E-state index in [-0.39, 0.29) is 0 Å². The van der Waals surface area contributed by atoms with Crippen molar-refractivity contribution in [2.24, 2.45) is 0 Å². The Morgan fingerprint density at radius 3 is 2.45 bits per heavy atom. The molecule has 0 aromatic carbocycles. The lowest BCUT2D eigenvalue weighted by Crippen LogP contribution is -1.75. The SMILES string of the molecule is [C]=CC=CCCCCCCC. The summed E-state index contributed by atoms with van der Waals surface area (Å²) in [7, 11) is 0. The maximum absolute atomic E-state index is 6.74. The van der Waals surface area contributed by atoms with E-state index in [9.17, 15) is 0 Å². The van der Waals surface area contributed by atoms with Crippen LogP contribution in [0.15, 0.2) is 18.2 Å². The molecule has 0 bridgehead atoms. The average Bonchev–Trinajstić information content (AvgIpc) is 2.03. The quantitative estimate of drug-likeness (QED) is 0.383. The zero-order valence-corrected chi connectivity index (χ0v) is 7.47. The second-order valence-electron chi connectivity index (χ2n) is 2.80. The molecule has 0 atom stereocenters. The number of allylic oxidation sites excluding steroid dienone is 3. The van der Waals surface area contributed by atoms with Crippen LogP contribution in [0.4, 0.5) is 0 Å². The van der Waals surface area contributed by atoms with Crippen molar-refractivity contribution in [1.82, 2.24) is 0 Å². The van der Waals surface area contributed by atoms with E-state index >= 15 is 0 Å². The van der Waals surface area contributed by atoms with Crippen LogP contribution in [-0.2, 0) is 0 Å². The van der Waals surface area contributed by atoms with Gasteiger partial charge in [0.2, 0.25) is 0 Å². The monoisotopic (exact) mass is 150 g/mol. The fraction of sp³-hybridized carbons (Fsp3) is 0.636. The Morgan fingerprint density at radius 1 is 1.09 bits per heavy atom. The maximum Gasteiger partial charge on any atom is -0.00991 e. The van der Waals surface area contributed by atoms with Crippen LogP contribution in [0.1, 0.15) is 45.4 Å². The molecule has 0 spiro atoms. The van der Waals surface area contributed by atoms with Gasteiger partial charge in [-0.1, -0.05) is 50.8 Å². The van der Waals surface area contributed by atoms with Crippen LogP contribution in [0.3, 0.4) is 0 Å². The summed E-state index contributed by atoms with van der Waals surface area (Å²) in [4.78, 5) is 0. The molecule has 0 heteroatoms. The molecule has 0 aromatic rings. The van der Waals surface area contributed by atoms with Gasteiger partial charge in [-0.15, -0.1) is 0 Å². The molecule has 2 radical (unpaired) electrons. The molecular formula is C11H18. The molecule has 0 aliphatic rings. The van der Waals surface area contributed by atoms with Gasteiger partial charge in [-0.05, 0) is 19.4 Å². The lowest BCUT2D eigenvalue weighted by molar-refractivity contribution is 0.637. The highest BCUT2D eigenvalue weighted by Gasteiger charge is 1.85. The molecule has 0 saturated heterocycles. The molecule has 0 rings (SSSR count). The summed E-state index contributed by atoms with van der Waals surface area (Å²) >= 11 is 0. The van der Waals surface area contributed by atoms with Crippen LogP contribution >= 0.6 is 0 Å². The van der Waals surface area contributed by atoms with Crippen LogP contribution in [-0.4, -0.2) is 0 Å². The van der Waals surface area contributed by atoms with Crippen molar-refractivity contribution in [3.63, 3.8) is 0 Å². The highest BCUT2D eigenvalue weighted by molar-refractivity contribution is 4.95. The van der Waals surface area contributed by atoms with Gasteiger partial charge in [-0.3, -0.25) is 0 Å². The standard InChI is InChI=1S/C11H18/c1-3-5-7-9-11-10-8-6-4-2/h4,6,8H,3,5,7,9-11H2,1H3. The smallest absolute Gasteiger partial charge is 0.00991 e. The average molecular weight is 150 g/mol. The third-order valence-corrected chi connectivity index (χ3v) is 1.71. The summed E-state index contributed by atoms with van der Waals surface area (Å²) in [5, 5.41) is 0. The van der Waals surface area contributed by atoms with E-state index in [0.717, 1.165) is 6.42 Å². The van der Waals surface area contributed by atoms with Crippen molar-refractivity contribution in [3.05, 3.63) is 24.8 Å². The first-order valence-electron chi connectivity index (χ1n) is 4.57. The Balaban J connectivity index is 2.90. The molecule has 0 heterocycles. The van der Waals surface area contributed by atoms with Gasteiger partial charge in [0.15, 0.2) is 0 Å². The molecule has 0 aromatic heterocycles. The van der Waals surface area contributed by atoms with Gasteiger partial charge in [0, 0.05) is 0 Å². The first kappa shape index (κ1) is 10.5. The van der Waals surface area contributed by atoms with Gasteiger partial charge in [0.25, 0.3) is 0 Å². The van der Waals surface area contributed by atoms with Crippen LogP contribution in [0.25, 0.3) is 0 Å². The fourth-order valence-corrected chi connectivity index (χ4v) is 1.03. The Kier molecular flexibility index (Phi) is 9.03. The van der Waals surface area contributed by atoms with E-state index in [1.54, 1.807) is 6.08 Å². The summed E-state index contributed by atoms with van der Waals surface area (Å²) in [6, 6.07) is 0. The van der Waals surface area contributed by atoms with E-state index < -0.39 is 0 Å². The Hall–Kier alpha value is -0.520. The zero-order valence-electron chi connectivity index (χ0n) is 7.47. The van der Waals surface area contributed by atoms with Gasteiger partial charge < -0.3 is 0 Å². The van der Waals surface area contributed by atoms with Crippen molar-refractivity contribution in [2.45, 2.75) is 45.4 Å². The van der Waals surface area contributed by atoms with Crippen LogP contribution in [0.5, 0.6) is 0 Å². The predicted octanol–water partition coefficient (Wildman–Crippen LogP) is 3.77. The molecule has 0 aliphatic carbocycles. The number of hydrogen-bond donors (Lipinski definition) is 0. The minimum absolute atomic E-state index is 1.14. The molecule has 0 N–H and O–H groups in total. The highest BCUT2D eigenvalue weighted by Crippen LogP contribution is 2.04. The Bertz CT molecular complexity index is 101.